The van der Waals surface area contributed by atoms with Crippen molar-refractivity contribution in [2.45, 2.75) is 13.8 Å². The smallest absolute Gasteiger partial charge is 0.363 e. The van der Waals surface area contributed by atoms with Crippen molar-refractivity contribution in [1.82, 2.24) is 4.98 Å². The Hall–Kier alpha value is -2.62. The van der Waals surface area contributed by atoms with Gasteiger partial charge in [-0.05, 0) is 26.0 Å². The topological polar surface area (TPSA) is 46.3 Å². The average molecular weight is 294 g/mol. The summed E-state index contributed by atoms with van der Waals surface area (Å²) >= 11 is 0. The number of rotatable bonds is 4. The van der Waals surface area contributed by atoms with Gasteiger partial charge in [-0.25, -0.2) is 9.78 Å². The Bertz CT molecular complexity index is 837. The van der Waals surface area contributed by atoms with Gasteiger partial charge in [0.1, 0.15) is 5.52 Å². The molecule has 0 bridgehead atoms. The second-order valence-corrected chi connectivity index (χ2v) is 5.04. The summed E-state index contributed by atoms with van der Waals surface area (Å²) in [4.78, 5) is 18.9. The highest BCUT2D eigenvalue weighted by atomic mass is 16.4. The lowest BCUT2D eigenvalue weighted by molar-refractivity contribution is 0.558. The van der Waals surface area contributed by atoms with Crippen molar-refractivity contribution >= 4 is 16.8 Å². The van der Waals surface area contributed by atoms with Crippen molar-refractivity contribution in [3.05, 3.63) is 59.0 Å². The molecule has 4 heteroatoms. The lowest BCUT2D eigenvalue weighted by Gasteiger charge is -2.20. The highest BCUT2D eigenvalue weighted by Crippen LogP contribution is 2.22. The molecule has 112 valence electrons. The molecule has 3 rings (SSSR count). The molecule has 0 unspecified atom stereocenters. The Morgan fingerprint density at radius 2 is 1.77 bits per heavy atom. The number of fused-ring (bicyclic) bond motifs is 1. The number of hydrogen-bond donors (Lipinski definition) is 0. The third kappa shape index (κ3) is 2.60. The van der Waals surface area contributed by atoms with Crippen LogP contribution in [0.5, 0.6) is 0 Å². The van der Waals surface area contributed by atoms with Gasteiger partial charge in [0, 0.05) is 30.4 Å². The van der Waals surface area contributed by atoms with Crippen molar-refractivity contribution in [3.63, 3.8) is 0 Å². The van der Waals surface area contributed by atoms with Gasteiger partial charge in [0.15, 0.2) is 11.3 Å². The summed E-state index contributed by atoms with van der Waals surface area (Å²) in [5.74, 6) is 0. The highest BCUT2D eigenvalue weighted by molar-refractivity contribution is 5.79. The molecule has 0 atom stereocenters. The summed E-state index contributed by atoms with van der Waals surface area (Å²) in [6.45, 7) is 6.00. The zero-order valence-corrected chi connectivity index (χ0v) is 12.7. The summed E-state index contributed by atoms with van der Waals surface area (Å²) in [5.41, 5.74) is 2.96. The van der Waals surface area contributed by atoms with E-state index in [0.29, 0.717) is 16.8 Å². The van der Waals surface area contributed by atoms with Crippen molar-refractivity contribution in [2.24, 2.45) is 0 Å². The third-order valence-corrected chi connectivity index (χ3v) is 3.75. The van der Waals surface area contributed by atoms with Gasteiger partial charge < -0.3 is 9.32 Å². The molecule has 0 saturated carbocycles. The van der Waals surface area contributed by atoms with E-state index in [-0.39, 0.29) is 0 Å². The second kappa shape index (κ2) is 6.02. The lowest BCUT2D eigenvalue weighted by atomic mass is 10.1. The first kappa shape index (κ1) is 14.3. The van der Waals surface area contributed by atoms with E-state index in [4.69, 9.17) is 4.42 Å². The summed E-state index contributed by atoms with van der Waals surface area (Å²) in [5, 5.41) is 0. The van der Waals surface area contributed by atoms with Gasteiger partial charge in [-0.3, -0.25) is 0 Å². The molecular weight excluding hydrogens is 276 g/mol. The van der Waals surface area contributed by atoms with Gasteiger partial charge in [-0.15, -0.1) is 0 Å². The number of nitrogens with zero attached hydrogens (tertiary/aromatic N) is 2. The minimum Gasteiger partial charge on any atom is -0.419 e. The molecule has 22 heavy (non-hydrogen) atoms. The minimum atomic E-state index is -0.407. The van der Waals surface area contributed by atoms with E-state index in [1.807, 2.05) is 48.5 Å². The first-order valence-corrected chi connectivity index (χ1v) is 7.48. The van der Waals surface area contributed by atoms with Gasteiger partial charge in [0.25, 0.3) is 0 Å². The fraction of sp³-hybridized carbons (Fsp3) is 0.222. The fourth-order valence-electron chi connectivity index (χ4n) is 2.56. The molecule has 1 aromatic heterocycles. The third-order valence-electron chi connectivity index (χ3n) is 3.75. The Morgan fingerprint density at radius 3 is 2.45 bits per heavy atom. The molecule has 0 radical (unpaired) electrons. The monoisotopic (exact) mass is 294 g/mol. The van der Waals surface area contributed by atoms with E-state index in [0.717, 1.165) is 24.3 Å². The fourth-order valence-corrected chi connectivity index (χ4v) is 2.56. The van der Waals surface area contributed by atoms with Crippen LogP contribution >= 0.6 is 0 Å². The van der Waals surface area contributed by atoms with Gasteiger partial charge in [0.05, 0.1) is 0 Å². The minimum absolute atomic E-state index is 0.351. The normalized spacial score (nSPS) is 10.8. The number of benzene rings is 2. The standard InChI is InChI=1S/C18H18N2O2/c1-3-20(4-2)14-10-11-15-16(12-14)22-18(21)17(19-15)13-8-6-5-7-9-13/h5-12H,3-4H2,1-2H3. The Kier molecular flexibility index (Phi) is 3.92. The van der Waals surface area contributed by atoms with E-state index in [1.165, 1.54) is 0 Å². The van der Waals surface area contributed by atoms with Crippen molar-refractivity contribution in [3.8, 4) is 11.3 Å². The van der Waals surface area contributed by atoms with Gasteiger partial charge in [0.2, 0.25) is 0 Å². The SMILES string of the molecule is CCN(CC)c1ccc2nc(-c3ccccc3)c(=O)oc2c1. The van der Waals surface area contributed by atoms with Gasteiger partial charge >= 0.3 is 5.63 Å². The summed E-state index contributed by atoms with van der Waals surface area (Å²) < 4.78 is 5.48. The molecule has 0 amide bonds. The Labute approximate surface area is 129 Å². The average Bonchev–Trinajstić information content (AvgIpc) is 2.56. The molecule has 0 fully saturated rings. The van der Waals surface area contributed by atoms with E-state index in [9.17, 15) is 4.79 Å². The second-order valence-electron chi connectivity index (χ2n) is 5.04. The van der Waals surface area contributed by atoms with Gasteiger partial charge in [-0.1, -0.05) is 30.3 Å². The molecule has 0 aliphatic rings. The summed E-state index contributed by atoms with van der Waals surface area (Å²) in [6.07, 6.45) is 0. The van der Waals surface area contributed by atoms with Crippen LogP contribution in [-0.2, 0) is 0 Å². The first-order valence-electron chi connectivity index (χ1n) is 7.48. The van der Waals surface area contributed by atoms with E-state index in [2.05, 4.69) is 23.7 Å². The Morgan fingerprint density at radius 1 is 1.05 bits per heavy atom. The maximum Gasteiger partial charge on any atom is 0.363 e. The zero-order valence-electron chi connectivity index (χ0n) is 12.7. The molecule has 2 aromatic carbocycles. The van der Waals surface area contributed by atoms with Crippen LogP contribution in [-0.4, -0.2) is 18.1 Å². The Balaban J connectivity index is 2.12. The largest absolute Gasteiger partial charge is 0.419 e. The lowest BCUT2D eigenvalue weighted by Crippen LogP contribution is -2.21. The van der Waals surface area contributed by atoms with Crippen LogP contribution in [0.1, 0.15) is 13.8 Å². The molecular formula is C18H18N2O2. The first-order chi connectivity index (χ1) is 10.7. The molecule has 0 aliphatic carbocycles. The zero-order chi connectivity index (χ0) is 15.5. The number of hydrogen-bond acceptors (Lipinski definition) is 4. The van der Waals surface area contributed by atoms with Gasteiger partial charge in [-0.2, -0.15) is 0 Å². The number of aromatic nitrogens is 1. The van der Waals surface area contributed by atoms with Crippen LogP contribution in [0.4, 0.5) is 5.69 Å². The maximum atomic E-state index is 12.2. The van der Waals surface area contributed by atoms with E-state index >= 15 is 0 Å². The highest BCUT2D eigenvalue weighted by Gasteiger charge is 2.11. The predicted molar refractivity (Wildman–Crippen MR) is 89.3 cm³/mol. The quantitative estimate of drug-likeness (QED) is 0.736. The molecule has 1 heterocycles. The molecule has 3 aromatic rings. The van der Waals surface area contributed by atoms with Crippen molar-refractivity contribution < 1.29 is 4.42 Å². The summed E-state index contributed by atoms with van der Waals surface area (Å²) in [6, 6.07) is 15.2. The van der Waals surface area contributed by atoms with Crippen LogP contribution in [0.25, 0.3) is 22.4 Å². The number of anilines is 1. The molecule has 0 spiro atoms. The summed E-state index contributed by atoms with van der Waals surface area (Å²) in [7, 11) is 0. The molecule has 0 N–H and O–H groups in total. The van der Waals surface area contributed by atoms with E-state index in [1.54, 1.807) is 0 Å². The molecule has 0 aliphatic heterocycles. The van der Waals surface area contributed by atoms with Crippen LogP contribution in [0.2, 0.25) is 0 Å². The maximum absolute atomic E-state index is 12.2. The van der Waals surface area contributed by atoms with Crippen LogP contribution in [0, 0.1) is 0 Å². The van der Waals surface area contributed by atoms with Crippen LogP contribution in [0.3, 0.4) is 0 Å². The predicted octanol–water partition coefficient (Wildman–Crippen LogP) is 3.70. The van der Waals surface area contributed by atoms with Crippen molar-refractivity contribution in [1.29, 1.82) is 0 Å². The molecule has 0 saturated heterocycles. The van der Waals surface area contributed by atoms with Crippen LogP contribution < -0.4 is 10.5 Å². The van der Waals surface area contributed by atoms with Crippen molar-refractivity contribution in [2.75, 3.05) is 18.0 Å². The van der Waals surface area contributed by atoms with E-state index < -0.39 is 5.63 Å². The van der Waals surface area contributed by atoms with Crippen LogP contribution in [0.15, 0.2) is 57.7 Å². The molecule has 4 nitrogen and oxygen atoms in total.